The molecule has 0 saturated carbocycles. The summed E-state index contributed by atoms with van der Waals surface area (Å²) < 4.78 is 0. The van der Waals surface area contributed by atoms with Crippen molar-refractivity contribution in [2.75, 3.05) is 10.6 Å². The molecule has 0 saturated heterocycles. The summed E-state index contributed by atoms with van der Waals surface area (Å²) in [6.07, 6.45) is 0. The Morgan fingerprint density at radius 3 is 1.96 bits per heavy atom. The summed E-state index contributed by atoms with van der Waals surface area (Å²) in [6, 6.07) is 25.0. The largest absolute Gasteiger partial charge is 0.326 e. The number of hydrogen-bond donors (Lipinski definition) is 2. The number of thioether (sulfide) groups is 1. The summed E-state index contributed by atoms with van der Waals surface area (Å²) in [7, 11) is 0. The Bertz CT molecular complexity index is 939. The number of carbonyl (C=O) groups excluding carboxylic acids is 2. The van der Waals surface area contributed by atoms with E-state index in [1.807, 2.05) is 85.8 Å². The molecule has 0 fully saturated rings. The summed E-state index contributed by atoms with van der Waals surface area (Å²) in [5, 5.41) is 5.36. The Labute approximate surface area is 169 Å². The fourth-order valence-electron chi connectivity index (χ4n) is 2.70. The number of benzene rings is 3. The Kier molecular flexibility index (Phi) is 6.50. The average Bonchev–Trinajstić information content (AvgIpc) is 2.69. The second kappa shape index (κ2) is 9.24. The molecule has 0 bridgehead atoms. The van der Waals surface area contributed by atoms with Crippen molar-refractivity contribution in [3.8, 4) is 0 Å². The highest BCUT2D eigenvalue weighted by Gasteiger charge is 2.22. The molecule has 3 rings (SSSR count). The maximum atomic E-state index is 13.0. The molecule has 0 aliphatic heterocycles. The van der Waals surface area contributed by atoms with Gasteiger partial charge in [0, 0.05) is 23.2 Å². The molecule has 28 heavy (non-hydrogen) atoms. The van der Waals surface area contributed by atoms with Crippen LogP contribution in [0.1, 0.15) is 23.3 Å². The van der Waals surface area contributed by atoms with Gasteiger partial charge in [0.25, 0.3) is 0 Å². The van der Waals surface area contributed by atoms with E-state index < -0.39 is 5.25 Å². The van der Waals surface area contributed by atoms with Gasteiger partial charge in [-0.15, -0.1) is 11.8 Å². The smallest absolute Gasteiger partial charge is 0.242 e. The molecule has 2 amide bonds. The number of hydrogen-bond acceptors (Lipinski definition) is 3. The van der Waals surface area contributed by atoms with E-state index >= 15 is 0 Å². The molecule has 4 nitrogen and oxygen atoms in total. The molecule has 1 atom stereocenters. The summed E-state index contributed by atoms with van der Waals surface area (Å²) in [5.74, 6) is -0.189. The van der Waals surface area contributed by atoms with Crippen LogP contribution in [0.5, 0.6) is 0 Å². The lowest BCUT2D eigenvalue weighted by atomic mass is 10.1. The van der Waals surface area contributed by atoms with Gasteiger partial charge in [0.15, 0.2) is 0 Å². The first-order valence-corrected chi connectivity index (χ1v) is 9.86. The van der Waals surface area contributed by atoms with Crippen LogP contribution in [0.3, 0.4) is 0 Å². The molecule has 5 heteroatoms. The third-order valence-electron chi connectivity index (χ3n) is 4.09. The first-order valence-electron chi connectivity index (χ1n) is 8.98. The van der Waals surface area contributed by atoms with Crippen LogP contribution < -0.4 is 10.6 Å². The van der Waals surface area contributed by atoms with Crippen LogP contribution in [0.15, 0.2) is 83.8 Å². The number of rotatable bonds is 6. The maximum absolute atomic E-state index is 13.0. The van der Waals surface area contributed by atoms with Crippen molar-refractivity contribution in [1.82, 2.24) is 0 Å². The minimum absolute atomic E-state index is 0.0778. The molecule has 0 aliphatic carbocycles. The van der Waals surface area contributed by atoms with Gasteiger partial charge in [-0.05, 0) is 48.9 Å². The Morgan fingerprint density at radius 2 is 1.36 bits per heavy atom. The third kappa shape index (κ3) is 5.47. The predicted molar refractivity (Wildman–Crippen MR) is 116 cm³/mol. The zero-order valence-corrected chi connectivity index (χ0v) is 16.6. The summed E-state index contributed by atoms with van der Waals surface area (Å²) in [4.78, 5) is 25.1. The Morgan fingerprint density at radius 1 is 0.786 bits per heavy atom. The highest BCUT2D eigenvalue weighted by Crippen LogP contribution is 2.36. The van der Waals surface area contributed by atoms with Gasteiger partial charge in [-0.3, -0.25) is 9.59 Å². The van der Waals surface area contributed by atoms with Gasteiger partial charge in [0.05, 0.1) is 0 Å². The lowest BCUT2D eigenvalue weighted by Gasteiger charge is -2.17. The first kappa shape index (κ1) is 19.7. The van der Waals surface area contributed by atoms with Gasteiger partial charge in [0.1, 0.15) is 5.25 Å². The topological polar surface area (TPSA) is 58.2 Å². The van der Waals surface area contributed by atoms with Crippen molar-refractivity contribution < 1.29 is 9.59 Å². The van der Waals surface area contributed by atoms with Crippen molar-refractivity contribution in [3.63, 3.8) is 0 Å². The van der Waals surface area contributed by atoms with Crippen LogP contribution >= 0.6 is 11.8 Å². The number of carbonyl (C=O) groups is 2. The quantitative estimate of drug-likeness (QED) is 0.552. The van der Waals surface area contributed by atoms with Crippen LogP contribution in [-0.2, 0) is 9.59 Å². The first-order chi connectivity index (χ1) is 13.5. The molecule has 2 N–H and O–H groups in total. The normalized spacial score (nSPS) is 11.5. The standard InChI is InChI=1S/C23H22N2O2S/c1-16-8-10-20(11-9-16)25-23(27)22(18-6-4-3-5-7-18)28-21-14-12-19(13-15-21)24-17(2)26/h3-15,22H,1-2H3,(H,24,26)(H,25,27). The van der Waals surface area contributed by atoms with Crippen LogP contribution in [0, 0.1) is 6.92 Å². The number of anilines is 2. The van der Waals surface area contributed by atoms with Gasteiger partial charge in [-0.25, -0.2) is 0 Å². The molecular formula is C23H22N2O2S. The highest BCUT2D eigenvalue weighted by molar-refractivity contribution is 8.00. The monoisotopic (exact) mass is 390 g/mol. The van der Waals surface area contributed by atoms with E-state index in [2.05, 4.69) is 10.6 Å². The summed E-state index contributed by atoms with van der Waals surface area (Å²) in [5.41, 5.74) is 3.59. The SMILES string of the molecule is CC(=O)Nc1ccc(SC(C(=O)Nc2ccc(C)cc2)c2ccccc2)cc1. The summed E-state index contributed by atoms with van der Waals surface area (Å²) in [6.45, 7) is 3.49. The van der Waals surface area contributed by atoms with E-state index in [1.165, 1.54) is 18.7 Å². The highest BCUT2D eigenvalue weighted by atomic mass is 32.2. The van der Waals surface area contributed by atoms with Crippen molar-refractivity contribution in [2.24, 2.45) is 0 Å². The number of amides is 2. The van der Waals surface area contributed by atoms with Gasteiger partial charge >= 0.3 is 0 Å². The Hall–Kier alpha value is -3.05. The lowest BCUT2D eigenvalue weighted by molar-refractivity contribution is -0.116. The van der Waals surface area contributed by atoms with Crippen molar-refractivity contribution in [1.29, 1.82) is 0 Å². The van der Waals surface area contributed by atoms with E-state index in [9.17, 15) is 9.59 Å². The van der Waals surface area contributed by atoms with Crippen LogP contribution in [0.2, 0.25) is 0 Å². The van der Waals surface area contributed by atoms with E-state index in [1.54, 1.807) is 0 Å². The molecular weight excluding hydrogens is 368 g/mol. The Balaban J connectivity index is 1.80. The number of nitrogens with one attached hydrogen (secondary N) is 2. The van der Waals surface area contributed by atoms with Crippen molar-refractivity contribution in [2.45, 2.75) is 24.0 Å². The molecule has 1 unspecified atom stereocenters. The molecule has 0 aliphatic rings. The molecule has 142 valence electrons. The van der Waals surface area contributed by atoms with Gasteiger partial charge in [0.2, 0.25) is 11.8 Å². The molecule has 0 radical (unpaired) electrons. The van der Waals surface area contributed by atoms with E-state index in [4.69, 9.17) is 0 Å². The van der Waals surface area contributed by atoms with Crippen molar-refractivity contribution in [3.05, 3.63) is 90.0 Å². The average molecular weight is 391 g/mol. The minimum Gasteiger partial charge on any atom is -0.326 e. The van der Waals surface area contributed by atoms with Gasteiger partial charge in [-0.1, -0.05) is 48.0 Å². The fraction of sp³-hybridized carbons (Fsp3) is 0.130. The molecule has 0 heterocycles. The third-order valence-corrected chi connectivity index (χ3v) is 5.35. The van der Waals surface area contributed by atoms with Crippen LogP contribution in [0.4, 0.5) is 11.4 Å². The minimum atomic E-state index is -0.394. The maximum Gasteiger partial charge on any atom is 0.242 e. The molecule has 0 aromatic heterocycles. The van der Waals surface area contributed by atoms with Crippen LogP contribution in [0.25, 0.3) is 0 Å². The summed E-state index contributed by atoms with van der Waals surface area (Å²) >= 11 is 1.48. The molecule has 0 spiro atoms. The zero-order valence-electron chi connectivity index (χ0n) is 15.8. The van der Waals surface area contributed by atoms with E-state index in [0.29, 0.717) is 0 Å². The molecule has 3 aromatic rings. The van der Waals surface area contributed by atoms with Crippen molar-refractivity contribution >= 4 is 35.0 Å². The lowest BCUT2D eigenvalue weighted by Crippen LogP contribution is -2.19. The second-order valence-electron chi connectivity index (χ2n) is 6.47. The van der Waals surface area contributed by atoms with E-state index in [-0.39, 0.29) is 11.8 Å². The second-order valence-corrected chi connectivity index (χ2v) is 7.65. The van der Waals surface area contributed by atoms with Gasteiger partial charge < -0.3 is 10.6 Å². The van der Waals surface area contributed by atoms with Crippen LogP contribution in [-0.4, -0.2) is 11.8 Å². The number of aryl methyl sites for hydroxylation is 1. The van der Waals surface area contributed by atoms with E-state index in [0.717, 1.165) is 27.4 Å². The zero-order chi connectivity index (χ0) is 19.9. The molecule has 3 aromatic carbocycles. The fourth-order valence-corrected chi connectivity index (χ4v) is 3.73. The van der Waals surface area contributed by atoms with Gasteiger partial charge in [-0.2, -0.15) is 0 Å². The predicted octanol–water partition coefficient (Wildman–Crippen LogP) is 5.43.